The lowest BCUT2D eigenvalue weighted by molar-refractivity contribution is 0.0987. The van der Waals surface area contributed by atoms with Crippen molar-refractivity contribution in [3.63, 3.8) is 0 Å². The summed E-state index contributed by atoms with van der Waals surface area (Å²) < 4.78 is 38.4. The number of nitrogens with zero attached hydrogens (tertiary/aromatic N) is 3. The summed E-state index contributed by atoms with van der Waals surface area (Å²) in [6, 6.07) is 2.15. The van der Waals surface area contributed by atoms with Crippen LogP contribution >= 0.6 is 0 Å². The third kappa shape index (κ3) is 2.62. The minimum atomic E-state index is -0.888. The lowest BCUT2D eigenvalue weighted by atomic mass is 10.1. The van der Waals surface area contributed by atoms with Gasteiger partial charge in [0.05, 0.1) is 13.2 Å². The number of nitrogens with two attached hydrogens (primary N) is 1. The molecule has 7 nitrogen and oxygen atoms in total. The normalized spacial score (nSPS) is 15.1. The number of aromatic nitrogens is 2. The second-order valence-electron chi connectivity index (χ2n) is 4.68. The molecule has 1 aliphatic rings. The van der Waals surface area contributed by atoms with E-state index in [1.54, 1.807) is 4.90 Å². The number of morpholine rings is 1. The van der Waals surface area contributed by atoms with Crippen molar-refractivity contribution >= 4 is 11.6 Å². The van der Waals surface area contributed by atoms with E-state index in [2.05, 4.69) is 10.1 Å². The molecule has 116 valence electrons. The van der Waals surface area contributed by atoms with Crippen molar-refractivity contribution in [3.8, 4) is 11.5 Å². The molecule has 2 aromatic rings. The molecular weight excluding hydrogens is 298 g/mol. The zero-order valence-electron chi connectivity index (χ0n) is 11.4. The van der Waals surface area contributed by atoms with E-state index in [4.69, 9.17) is 15.0 Å². The van der Waals surface area contributed by atoms with Crippen LogP contribution < -0.4 is 10.6 Å². The van der Waals surface area contributed by atoms with E-state index in [0.717, 1.165) is 12.1 Å². The van der Waals surface area contributed by atoms with Crippen LogP contribution in [0.4, 0.5) is 14.5 Å². The first kappa shape index (κ1) is 14.4. The van der Waals surface area contributed by atoms with Gasteiger partial charge in [0.1, 0.15) is 17.3 Å². The molecule has 0 radical (unpaired) electrons. The summed E-state index contributed by atoms with van der Waals surface area (Å²) in [4.78, 5) is 16.2. The molecule has 9 heteroatoms. The zero-order chi connectivity index (χ0) is 15.7. The van der Waals surface area contributed by atoms with Gasteiger partial charge in [0, 0.05) is 18.7 Å². The first-order chi connectivity index (χ1) is 10.6. The molecule has 0 unspecified atom stereocenters. The third-order valence-electron chi connectivity index (χ3n) is 3.24. The van der Waals surface area contributed by atoms with Crippen LogP contribution in [0.2, 0.25) is 0 Å². The fraction of sp³-hybridized carbons (Fsp3) is 0.308. The first-order valence-electron chi connectivity index (χ1n) is 6.52. The van der Waals surface area contributed by atoms with E-state index < -0.39 is 17.5 Å². The van der Waals surface area contributed by atoms with Crippen molar-refractivity contribution in [1.29, 1.82) is 0 Å². The van der Waals surface area contributed by atoms with E-state index in [1.807, 2.05) is 0 Å². The number of ether oxygens (including phenoxy) is 1. The molecule has 0 bridgehead atoms. The van der Waals surface area contributed by atoms with Crippen LogP contribution in [0.3, 0.4) is 0 Å². The Balaban J connectivity index is 1.95. The van der Waals surface area contributed by atoms with Gasteiger partial charge in [-0.3, -0.25) is 4.79 Å². The second-order valence-corrected chi connectivity index (χ2v) is 4.68. The maximum Gasteiger partial charge on any atom is 0.290 e. The van der Waals surface area contributed by atoms with Crippen LogP contribution in [-0.2, 0) is 4.74 Å². The Morgan fingerprint density at radius 1 is 1.23 bits per heavy atom. The highest BCUT2D eigenvalue weighted by atomic mass is 19.1. The fourth-order valence-corrected chi connectivity index (χ4v) is 2.22. The molecule has 0 spiro atoms. The van der Waals surface area contributed by atoms with Gasteiger partial charge in [0.2, 0.25) is 0 Å². The molecule has 2 N–H and O–H groups in total. The van der Waals surface area contributed by atoms with Crippen molar-refractivity contribution in [2.75, 3.05) is 31.2 Å². The molecule has 0 atom stereocenters. The topological polar surface area (TPSA) is 94.5 Å². The van der Waals surface area contributed by atoms with Crippen molar-refractivity contribution < 1.29 is 22.8 Å². The van der Waals surface area contributed by atoms with Gasteiger partial charge in [0.25, 0.3) is 17.6 Å². The Morgan fingerprint density at radius 2 is 1.86 bits per heavy atom. The minimum absolute atomic E-state index is 0.0343. The summed E-state index contributed by atoms with van der Waals surface area (Å²) in [6.45, 7) is 1.62. The number of primary amides is 1. The van der Waals surface area contributed by atoms with Gasteiger partial charge >= 0.3 is 0 Å². The smallest absolute Gasteiger partial charge is 0.290 e. The van der Waals surface area contributed by atoms with Gasteiger partial charge < -0.3 is 19.9 Å². The first-order valence-corrected chi connectivity index (χ1v) is 6.52. The Labute approximate surface area is 123 Å². The molecule has 1 aromatic heterocycles. The van der Waals surface area contributed by atoms with Gasteiger partial charge in [-0.15, -0.1) is 0 Å². The highest BCUT2D eigenvalue weighted by Gasteiger charge is 2.22. The minimum Gasteiger partial charge on any atom is -0.378 e. The molecule has 22 heavy (non-hydrogen) atoms. The van der Waals surface area contributed by atoms with Crippen LogP contribution in [0.5, 0.6) is 0 Å². The van der Waals surface area contributed by atoms with Crippen molar-refractivity contribution in [2.24, 2.45) is 5.73 Å². The number of hydrogen-bond donors (Lipinski definition) is 1. The van der Waals surface area contributed by atoms with Crippen molar-refractivity contribution in [2.45, 2.75) is 0 Å². The molecule has 0 aliphatic carbocycles. The number of rotatable bonds is 3. The molecule has 1 saturated heterocycles. The molecule has 1 fully saturated rings. The molecule has 1 amide bonds. The predicted molar refractivity (Wildman–Crippen MR) is 71.2 cm³/mol. The maximum absolute atomic E-state index is 14.2. The Morgan fingerprint density at radius 3 is 2.41 bits per heavy atom. The molecule has 1 aromatic carbocycles. The fourth-order valence-electron chi connectivity index (χ4n) is 2.22. The summed E-state index contributed by atoms with van der Waals surface area (Å²) in [5, 5.41) is 3.33. The Bertz CT molecular complexity index is 690. The maximum atomic E-state index is 14.2. The van der Waals surface area contributed by atoms with Crippen molar-refractivity contribution in [3.05, 3.63) is 29.6 Å². The van der Waals surface area contributed by atoms with Crippen LogP contribution in [-0.4, -0.2) is 42.4 Å². The average molecular weight is 310 g/mol. The summed E-state index contributed by atoms with van der Waals surface area (Å²) in [5.41, 5.74) is 4.91. The van der Waals surface area contributed by atoms with E-state index in [9.17, 15) is 13.6 Å². The number of carbonyl (C=O) groups is 1. The third-order valence-corrected chi connectivity index (χ3v) is 3.24. The predicted octanol–water partition coefficient (Wildman–Crippen LogP) is 0.950. The number of halogens is 2. The number of hydrogen-bond acceptors (Lipinski definition) is 6. The lowest BCUT2D eigenvalue weighted by Crippen LogP contribution is -2.37. The van der Waals surface area contributed by atoms with Crippen LogP contribution in [0, 0.1) is 11.6 Å². The summed E-state index contributed by atoms with van der Waals surface area (Å²) in [5.74, 6) is -2.93. The monoisotopic (exact) mass is 310 g/mol. The number of carbonyl (C=O) groups excluding carboxylic acids is 1. The van der Waals surface area contributed by atoms with Crippen molar-refractivity contribution in [1.82, 2.24) is 10.1 Å². The summed E-state index contributed by atoms with van der Waals surface area (Å²) in [7, 11) is 0. The second kappa shape index (κ2) is 5.68. The van der Waals surface area contributed by atoms with Crippen LogP contribution in [0.1, 0.15) is 10.6 Å². The van der Waals surface area contributed by atoms with Crippen LogP contribution in [0.25, 0.3) is 11.5 Å². The van der Waals surface area contributed by atoms with Gasteiger partial charge in [-0.05, 0) is 12.1 Å². The number of amides is 1. The van der Waals surface area contributed by atoms with E-state index >= 15 is 0 Å². The Kier molecular flexibility index (Phi) is 3.72. The van der Waals surface area contributed by atoms with Crippen LogP contribution in [0.15, 0.2) is 16.7 Å². The number of anilines is 1. The standard InChI is InChI=1S/C13H12F2N4O3/c14-8-5-7(13-17-12(11(16)20)18-22-13)6-9(15)10(8)19-1-3-21-4-2-19/h5-6H,1-4H2,(H2,16,20). The van der Waals surface area contributed by atoms with Gasteiger partial charge in [-0.2, -0.15) is 4.98 Å². The van der Waals surface area contributed by atoms with Gasteiger partial charge in [0.15, 0.2) is 0 Å². The number of benzene rings is 1. The van der Waals surface area contributed by atoms with Gasteiger partial charge in [-0.1, -0.05) is 5.16 Å². The SMILES string of the molecule is NC(=O)c1noc(-c2cc(F)c(N3CCOCC3)c(F)c2)n1. The Hall–Kier alpha value is -2.55. The van der Waals surface area contributed by atoms with E-state index in [0.29, 0.717) is 26.3 Å². The quantitative estimate of drug-likeness (QED) is 0.907. The highest BCUT2D eigenvalue weighted by Crippen LogP contribution is 2.29. The summed E-state index contributed by atoms with van der Waals surface area (Å²) >= 11 is 0. The molecule has 0 saturated carbocycles. The summed E-state index contributed by atoms with van der Waals surface area (Å²) in [6.07, 6.45) is 0. The van der Waals surface area contributed by atoms with Gasteiger partial charge in [-0.25, -0.2) is 8.78 Å². The molecular formula is C13H12F2N4O3. The molecule has 2 heterocycles. The average Bonchev–Trinajstić information content (AvgIpc) is 2.97. The van der Waals surface area contributed by atoms with E-state index in [-0.39, 0.29) is 23.0 Å². The lowest BCUT2D eigenvalue weighted by Gasteiger charge is -2.29. The van der Waals surface area contributed by atoms with E-state index in [1.165, 1.54) is 0 Å². The highest BCUT2D eigenvalue weighted by molar-refractivity contribution is 5.89. The zero-order valence-corrected chi connectivity index (χ0v) is 11.4. The molecule has 1 aliphatic heterocycles. The molecule has 3 rings (SSSR count). The largest absolute Gasteiger partial charge is 0.378 e.